The Hall–Kier alpha value is -1.19. The Morgan fingerprint density at radius 3 is 2.13 bits per heavy atom. The van der Waals surface area contributed by atoms with Crippen molar-refractivity contribution >= 4 is 5.78 Å². The van der Waals surface area contributed by atoms with Crippen LogP contribution in [0.3, 0.4) is 0 Å². The van der Waals surface area contributed by atoms with E-state index >= 15 is 0 Å². The minimum absolute atomic E-state index is 0.0633. The van der Waals surface area contributed by atoms with Gasteiger partial charge in [0.15, 0.2) is 24.7 Å². The highest BCUT2D eigenvalue weighted by Crippen LogP contribution is 2.66. The number of carbonyl (C=O) groups excluding carboxylic acids is 1. The lowest BCUT2D eigenvalue weighted by Crippen LogP contribution is -2.66. The third-order valence-corrected chi connectivity index (χ3v) is 14.6. The SMILES string of the molecule is CC(=O)C1=CC[C@H]2[C@@H]3CC[C@@H]4C[C@@H](O[C@@H]5O[C@H](CO)[C@@H](O[C@@H]6OC[C@@H](O)[C@H](O)[C@H]6O)[C@H](O)[C@H]5O[C@@H]5O[C@H](CO)[C@@H](O)[C@H](O)[C@H]5O)CC[C@]4(C)[C@H]3CC[C@]12C. The summed E-state index contributed by atoms with van der Waals surface area (Å²) in [4.78, 5) is 12.5. The molecule has 0 amide bonds. The van der Waals surface area contributed by atoms with Crippen molar-refractivity contribution < 1.29 is 79.2 Å². The lowest BCUT2D eigenvalue weighted by atomic mass is 9.44. The molecule has 0 aromatic carbocycles. The van der Waals surface area contributed by atoms with Crippen LogP contribution in [0.1, 0.15) is 72.1 Å². The van der Waals surface area contributed by atoms with Gasteiger partial charge in [0.2, 0.25) is 0 Å². The Morgan fingerprint density at radius 2 is 1.43 bits per heavy atom. The standard InChI is InChI=1S/C38H60O16/c1-16(41)20-6-7-21-19-5-4-17-12-18(8-10-37(17,2)22(19)9-11-38(20,21)3)50-36-33(54-35-30(47)28(45)27(44)24(13-39)51-35)31(48)32(25(14-40)52-36)53-34-29(46)26(43)23(42)15-49-34/h6,17-19,21-36,39-40,42-48H,4-5,7-15H2,1-3H3/t17-,18+,19+,21+,22+,23-,24-,25-,26+,27-,28+,29-,30-,31+,32-,33-,34+,35+,36-,37+,38-/m1/s1. The van der Waals surface area contributed by atoms with E-state index in [9.17, 15) is 50.8 Å². The quantitative estimate of drug-likeness (QED) is 0.123. The van der Waals surface area contributed by atoms with Crippen LogP contribution in [0.5, 0.6) is 0 Å². The summed E-state index contributed by atoms with van der Waals surface area (Å²) in [5.74, 6) is 2.01. The van der Waals surface area contributed by atoms with Crippen molar-refractivity contribution in [2.45, 2.75) is 164 Å². The molecule has 0 bridgehead atoms. The summed E-state index contributed by atoms with van der Waals surface area (Å²) in [5.41, 5.74) is 0.991. The molecule has 54 heavy (non-hydrogen) atoms. The Morgan fingerprint density at radius 1 is 0.741 bits per heavy atom. The molecule has 0 spiro atoms. The molecule has 3 heterocycles. The normalized spacial score (nSPS) is 53.6. The topological polar surface area (TPSA) is 255 Å². The average molecular weight is 773 g/mol. The van der Waals surface area contributed by atoms with Crippen LogP contribution in [0.4, 0.5) is 0 Å². The molecular formula is C38H60O16. The molecule has 6 fully saturated rings. The van der Waals surface area contributed by atoms with Crippen molar-refractivity contribution in [3.8, 4) is 0 Å². The number of hydrogen-bond acceptors (Lipinski definition) is 16. The highest BCUT2D eigenvalue weighted by atomic mass is 16.8. The van der Waals surface area contributed by atoms with Gasteiger partial charge in [-0.25, -0.2) is 0 Å². The molecule has 0 aromatic rings. The summed E-state index contributed by atoms with van der Waals surface area (Å²) in [6.45, 7) is 4.60. The van der Waals surface area contributed by atoms with Gasteiger partial charge in [-0.3, -0.25) is 4.79 Å². The van der Waals surface area contributed by atoms with Crippen LogP contribution < -0.4 is 0 Å². The average Bonchev–Trinajstić information content (AvgIpc) is 3.51. The molecule has 0 unspecified atom stereocenters. The third kappa shape index (κ3) is 7.04. The molecular weight excluding hydrogens is 712 g/mol. The van der Waals surface area contributed by atoms with E-state index in [2.05, 4.69) is 19.9 Å². The van der Waals surface area contributed by atoms with Gasteiger partial charge in [-0.05, 0) is 98.4 Å². The molecule has 16 heteroatoms. The van der Waals surface area contributed by atoms with E-state index in [1.807, 2.05) is 0 Å². The van der Waals surface area contributed by atoms with Crippen molar-refractivity contribution in [1.82, 2.24) is 0 Å². The molecule has 21 atom stereocenters. The second kappa shape index (κ2) is 15.9. The molecule has 3 saturated carbocycles. The van der Waals surface area contributed by atoms with E-state index < -0.39 is 99.2 Å². The molecule has 7 rings (SSSR count). The van der Waals surface area contributed by atoms with Crippen LogP contribution in [-0.2, 0) is 33.2 Å². The van der Waals surface area contributed by atoms with Gasteiger partial charge in [0.25, 0.3) is 0 Å². The number of ether oxygens (including phenoxy) is 6. The van der Waals surface area contributed by atoms with Gasteiger partial charge in [0, 0.05) is 0 Å². The second-order valence-corrected chi connectivity index (χ2v) is 17.4. The van der Waals surface area contributed by atoms with Gasteiger partial charge in [-0.15, -0.1) is 0 Å². The lowest BCUT2D eigenvalue weighted by molar-refractivity contribution is -0.388. The number of aliphatic hydroxyl groups is 9. The van der Waals surface area contributed by atoms with Crippen LogP contribution in [0.2, 0.25) is 0 Å². The van der Waals surface area contributed by atoms with Gasteiger partial charge in [0.1, 0.15) is 67.1 Å². The molecule has 7 aliphatic rings. The maximum Gasteiger partial charge on any atom is 0.187 e. The number of ketones is 1. The molecule has 0 aromatic heterocycles. The van der Waals surface area contributed by atoms with Crippen molar-refractivity contribution in [2.24, 2.45) is 34.5 Å². The van der Waals surface area contributed by atoms with Gasteiger partial charge in [0.05, 0.1) is 25.9 Å². The summed E-state index contributed by atoms with van der Waals surface area (Å²) in [6, 6.07) is 0. The van der Waals surface area contributed by atoms with E-state index in [0.29, 0.717) is 36.5 Å². The smallest absolute Gasteiger partial charge is 0.187 e. The van der Waals surface area contributed by atoms with Gasteiger partial charge in [-0.1, -0.05) is 19.9 Å². The zero-order valence-electron chi connectivity index (χ0n) is 31.2. The highest BCUT2D eigenvalue weighted by molar-refractivity contribution is 5.95. The Balaban J connectivity index is 1.08. The first-order valence-electron chi connectivity index (χ1n) is 19.7. The summed E-state index contributed by atoms with van der Waals surface area (Å²) in [6.07, 6.45) is -12.6. The molecule has 3 aliphatic heterocycles. The fourth-order valence-electron chi connectivity index (χ4n) is 11.5. The van der Waals surface area contributed by atoms with Crippen molar-refractivity contribution in [1.29, 1.82) is 0 Å². The Kier molecular flexibility index (Phi) is 12.0. The minimum Gasteiger partial charge on any atom is -0.394 e. The molecule has 0 radical (unpaired) electrons. The minimum atomic E-state index is -1.81. The van der Waals surface area contributed by atoms with Crippen LogP contribution in [0, 0.1) is 34.5 Å². The van der Waals surface area contributed by atoms with Gasteiger partial charge in [-0.2, -0.15) is 0 Å². The summed E-state index contributed by atoms with van der Waals surface area (Å²) in [5, 5.41) is 94.4. The van der Waals surface area contributed by atoms with Crippen LogP contribution in [-0.4, -0.2) is 164 Å². The summed E-state index contributed by atoms with van der Waals surface area (Å²) in [7, 11) is 0. The fraction of sp³-hybridized carbons (Fsp3) is 0.921. The second-order valence-electron chi connectivity index (χ2n) is 17.4. The van der Waals surface area contributed by atoms with Gasteiger partial charge >= 0.3 is 0 Å². The maximum absolute atomic E-state index is 12.5. The van der Waals surface area contributed by atoms with Crippen molar-refractivity contribution in [2.75, 3.05) is 19.8 Å². The van der Waals surface area contributed by atoms with Crippen molar-refractivity contribution in [3.05, 3.63) is 11.6 Å². The number of allylic oxidation sites excluding steroid dienone is 2. The van der Waals surface area contributed by atoms with Gasteiger partial charge < -0.3 is 74.4 Å². The molecule has 4 aliphatic carbocycles. The number of Topliss-reactive ketones (excluding diaryl/α,β-unsaturated/α-hetero) is 1. The van der Waals surface area contributed by atoms with E-state index in [4.69, 9.17) is 28.4 Å². The number of rotatable bonds is 9. The van der Waals surface area contributed by atoms with Crippen LogP contribution in [0.25, 0.3) is 0 Å². The number of fused-ring (bicyclic) bond motifs is 5. The molecule has 9 N–H and O–H groups in total. The molecule has 308 valence electrons. The Labute approximate surface area is 315 Å². The molecule has 3 saturated heterocycles. The van der Waals surface area contributed by atoms with E-state index in [0.717, 1.165) is 44.1 Å². The van der Waals surface area contributed by atoms with Crippen LogP contribution in [0.15, 0.2) is 11.6 Å². The first-order valence-corrected chi connectivity index (χ1v) is 19.7. The van der Waals surface area contributed by atoms with E-state index in [1.165, 1.54) is 0 Å². The fourth-order valence-corrected chi connectivity index (χ4v) is 11.5. The Bertz CT molecular complexity index is 1360. The lowest BCUT2D eigenvalue weighted by Gasteiger charge is -2.61. The monoisotopic (exact) mass is 772 g/mol. The number of aliphatic hydroxyl groups excluding tert-OH is 9. The summed E-state index contributed by atoms with van der Waals surface area (Å²) >= 11 is 0. The van der Waals surface area contributed by atoms with E-state index in [-0.39, 0.29) is 29.3 Å². The predicted octanol–water partition coefficient (Wildman–Crippen LogP) is -1.37. The summed E-state index contributed by atoms with van der Waals surface area (Å²) < 4.78 is 35.7. The largest absolute Gasteiger partial charge is 0.394 e. The molecule has 16 nitrogen and oxygen atoms in total. The van der Waals surface area contributed by atoms with Crippen LogP contribution >= 0.6 is 0 Å². The van der Waals surface area contributed by atoms with E-state index in [1.54, 1.807) is 6.92 Å². The maximum atomic E-state index is 12.5. The number of carbonyl (C=O) groups is 1. The first kappa shape index (κ1) is 41.0. The zero-order chi connectivity index (χ0) is 38.9. The predicted molar refractivity (Wildman–Crippen MR) is 184 cm³/mol. The third-order valence-electron chi connectivity index (χ3n) is 14.6. The highest BCUT2D eigenvalue weighted by Gasteiger charge is 2.60. The zero-order valence-corrected chi connectivity index (χ0v) is 31.2. The van der Waals surface area contributed by atoms with Crippen molar-refractivity contribution in [3.63, 3.8) is 0 Å². The number of hydrogen-bond donors (Lipinski definition) is 9. The first-order chi connectivity index (χ1) is 25.6.